The molecule has 124 valence electrons. The summed E-state index contributed by atoms with van der Waals surface area (Å²) in [6.07, 6.45) is 1.37. The lowest BCUT2D eigenvalue weighted by Crippen LogP contribution is -2.47. The molecule has 0 spiro atoms. The van der Waals surface area contributed by atoms with Gasteiger partial charge in [0.1, 0.15) is 4.21 Å². The van der Waals surface area contributed by atoms with Gasteiger partial charge in [0, 0.05) is 26.2 Å². The Morgan fingerprint density at radius 3 is 2.91 bits per heavy atom. The van der Waals surface area contributed by atoms with Crippen LogP contribution in [0.2, 0.25) is 0 Å². The monoisotopic (exact) mass is 346 g/mol. The molecule has 2 rings (SSSR count). The van der Waals surface area contributed by atoms with E-state index in [1.165, 1.54) is 15.6 Å². The molecule has 1 atom stereocenters. The van der Waals surface area contributed by atoms with E-state index in [2.05, 4.69) is 0 Å². The van der Waals surface area contributed by atoms with Gasteiger partial charge < -0.3 is 10.0 Å². The van der Waals surface area contributed by atoms with Crippen LogP contribution in [0, 0.1) is 5.92 Å². The molecule has 1 aliphatic heterocycles. The van der Waals surface area contributed by atoms with E-state index in [4.69, 9.17) is 5.11 Å². The first-order valence-corrected chi connectivity index (χ1v) is 9.76. The Labute approximate surface area is 135 Å². The molecule has 6 nitrogen and oxygen atoms in total. The smallest absolute Gasteiger partial charge is 0.252 e. The van der Waals surface area contributed by atoms with E-state index in [0.717, 1.165) is 0 Å². The highest BCUT2D eigenvalue weighted by molar-refractivity contribution is 7.91. The summed E-state index contributed by atoms with van der Waals surface area (Å²) in [6.45, 7) is 3.27. The SMILES string of the molecule is CCN(CCO)C(=O)C1CCCN(S(=O)(=O)c2cccs2)C1. The summed E-state index contributed by atoms with van der Waals surface area (Å²) in [4.78, 5) is 14.1. The minimum Gasteiger partial charge on any atom is -0.395 e. The van der Waals surface area contributed by atoms with Crippen LogP contribution >= 0.6 is 11.3 Å². The molecule has 8 heteroatoms. The Kier molecular flexibility index (Phi) is 5.96. The molecule has 1 saturated heterocycles. The molecule has 1 aliphatic rings. The zero-order valence-corrected chi connectivity index (χ0v) is 14.3. The summed E-state index contributed by atoms with van der Waals surface area (Å²) < 4.78 is 26.8. The van der Waals surface area contributed by atoms with E-state index in [1.54, 1.807) is 22.4 Å². The molecule has 0 bridgehead atoms. The highest BCUT2D eigenvalue weighted by atomic mass is 32.2. The first-order chi connectivity index (χ1) is 10.5. The molecule has 1 aromatic rings. The molecule has 1 fully saturated rings. The maximum atomic E-state index is 12.6. The molecule has 0 aliphatic carbocycles. The van der Waals surface area contributed by atoms with Gasteiger partial charge in [-0.05, 0) is 31.2 Å². The Morgan fingerprint density at radius 2 is 2.32 bits per heavy atom. The molecule has 0 radical (unpaired) electrons. The number of nitrogens with zero attached hydrogens (tertiary/aromatic N) is 2. The van der Waals surface area contributed by atoms with Crippen molar-refractivity contribution >= 4 is 27.3 Å². The number of thiophene rings is 1. The van der Waals surface area contributed by atoms with Crippen LogP contribution in [0.4, 0.5) is 0 Å². The summed E-state index contributed by atoms with van der Waals surface area (Å²) in [7, 11) is -3.50. The number of sulfonamides is 1. The van der Waals surface area contributed by atoms with Gasteiger partial charge in [-0.2, -0.15) is 4.31 Å². The lowest BCUT2D eigenvalue weighted by atomic mass is 9.98. The van der Waals surface area contributed by atoms with Crippen molar-refractivity contribution in [2.24, 2.45) is 5.92 Å². The molecular weight excluding hydrogens is 324 g/mol. The Morgan fingerprint density at radius 1 is 1.55 bits per heavy atom. The lowest BCUT2D eigenvalue weighted by Gasteiger charge is -2.33. The minimum absolute atomic E-state index is 0.0670. The van der Waals surface area contributed by atoms with Crippen LogP contribution in [-0.2, 0) is 14.8 Å². The minimum atomic E-state index is -3.50. The molecule has 1 aromatic heterocycles. The number of hydrogen-bond acceptors (Lipinski definition) is 5. The Balaban J connectivity index is 2.10. The second-order valence-corrected chi connectivity index (χ2v) is 8.39. The summed E-state index contributed by atoms with van der Waals surface area (Å²) >= 11 is 1.19. The number of aliphatic hydroxyl groups is 1. The number of amides is 1. The Hall–Kier alpha value is -0.960. The fraction of sp³-hybridized carbons (Fsp3) is 0.643. The van der Waals surface area contributed by atoms with E-state index < -0.39 is 10.0 Å². The van der Waals surface area contributed by atoms with E-state index in [9.17, 15) is 13.2 Å². The topological polar surface area (TPSA) is 77.9 Å². The predicted octanol–water partition coefficient (Wildman–Crippen LogP) is 0.990. The summed E-state index contributed by atoms with van der Waals surface area (Å²) in [6, 6.07) is 3.31. The van der Waals surface area contributed by atoms with E-state index in [0.29, 0.717) is 36.7 Å². The largest absolute Gasteiger partial charge is 0.395 e. The summed E-state index contributed by atoms with van der Waals surface area (Å²) in [5.74, 6) is -0.391. The van der Waals surface area contributed by atoms with Crippen molar-refractivity contribution in [2.45, 2.75) is 24.0 Å². The van der Waals surface area contributed by atoms with Crippen molar-refractivity contribution in [3.8, 4) is 0 Å². The van der Waals surface area contributed by atoms with Gasteiger partial charge in [0.25, 0.3) is 10.0 Å². The first-order valence-electron chi connectivity index (χ1n) is 7.44. The molecular formula is C14H22N2O4S2. The fourth-order valence-corrected chi connectivity index (χ4v) is 5.37. The van der Waals surface area contributed by atoms with Gasteiger partial charge in [-0.25, -0.2) is 8.42 Å². The van der Waals surface area contributed by atoms with Gasteiger partial charge in [-0.15, -0.1) is 11.3 Å². The first kappa shape index (κ1) is 17.4. The summed E-state index contributed by atoms with van der Waals surface area (Å²) in [5.41, 5.74) is 0. The van der Waals surface area contributed by atoms with Gasteiger partial charge in [-0.1, -0.05) is 6.07 Å². The second kappa shape index (κ2) is 7.54. The van der Waals surface area contributed by atoms with Crippen molar-refractivity contribution in [1.82, 2.24) is 9.21 Å². The lowest BCUT2D eigenvalue weighted by molar-refractivity contribution is -0.137. The second-order valence-electron chi connectivity index (χ2n) is 5.28. The van der Waals surface area contributed by atoms with Crippen LogP contribution < -0.4 is 0 Å². The fourth-order valence-electron chi connectivity index (χ4n) is 2.70. The number of aliphatic hydroxyl groups excluding tert-OH is 1. The average molecular weight is 346 g/mol. The van der Waals surface area contributed by atoms with Crippen molar-refractivity contribution in [3.63, 3.8) is 0 Å². The normalized spacial score (nSPS) is 20.0. The van der Waals surface area contributed by atoms with Crippen molar-refractivity contribution in [3.05, 3.63) is 17.5 Å². The molecule has 22 heavy (non-hydrogen) atoms. The third kappa shape index (κ3) is 3.68. The van der Waals surface area contributed by atoms with E-state index in [1.807, 2.05) is 6.92 Å². The van der Waals surface area contributed by atoms with Crippen molar-refractivity contribution < 1.29 is 18.3 Å². The zero-order chi connectivity index (χ0) is 16.2. The molecule has 1 amide bonds. The quantitative estimate of drug-likeness (QED) is 0.833. The molecule has 0 aromatic carbocycles. The highest BCUT2D eigenvalue weighted by Crippen LogP contribution is 2.27. The summed E-state index contributed by atoms with van der Waals surface area (Å²) in [5, 5.41) is 10.8. The van der Waals surface area contributed by atoms with Crippen LogP contribution in [0.1, 0.15) is 19.8 Å². The predicted molar refractivity (Wildman–Crippen MR) is 85.1 cm³/mol. The van der Waals surface area contributed by atoms with E-state index in [-0.39, 0.29) is 25.0 Å². The standard InChI is InChI=1S/C14H22N2O4S2/c1-2-15(8-9-17)14(18)12-5-3-7-16(11-12)22(19,20)13-6-4-10-21-13/h4,6,10,12,17H,2-3,5,7-9,11H2,1H3. The van der Waals surface area contributed by atoms with Gasteiger partial charge in [-0.3, -0.25) is 4.79 Å². The number of carbonyl (C=O) groups excluding carboxylic acids is 1. The van der Waals surface area contributed by atoms with Crippen LogP contribution in [0.15, 0.2) is 21.7 Å². The molecule has 2 heterocycles. The van der Waals surface area contributed by atoms with E-state index >= 15 is 0 Å². The Bertz CT molecular complexity index is 586. The van der Waals surface area contributed by atoms with Crippen LogP contribution in [0.3, 0.4) is 0 Å². The maximum Gasteiger partial charge on any atom is 0.252 e. The third-order valence-corrected chi connectivity index (χ3v) is 7.12. The number of hydrogen-bond donors (Lipinski definition) is 1. The van der Waals surface area contributed by atoms with Crippen LogP contribution in [0.5, 0.6) is 0 Å². The molecule has 0 saturated carbocycles. The van der Waals surface area contributed by atoms with Crippen LogP contribution in [-0.4, -0.2) is 61.4 Å². The number of carbonyl (C=O) groups is 1. The van der Waals surface area contributed by atoms with Gasteiger partial charge in [0.15, 0.2) is 0 Å². The average Bonchev–Trinajstić information content (AvgIpc) is 3.07. The number of likely N-dealkylation sites (N-methyl/N-ethyl adjacent to an activating group) is 1. The van der Waals surface area contributed by atoms with Gasteiger partial charge >= 0.3 is 0 Å². The third-order valence-electron chi connectivity index (χ3n) is 3.89. The molecule has 1 N–H and O–H groups in total. The zero-order valence-electron chi connectivity index (χ0n) is 12.6. The van der Waals surface area contributed by atoms with Crippen LogP contribution in [0.25, 0.3) is 0 Å². The molecule has 1 unspecified atom stereocenters. The van der Waals surface area contributed by atoms with Gasteiger partial charge in [0.05, 0.1) is 12.5 Å². The van der Waals surface area contributed by atoms with Crippen molar-refractivity contribution in [1.29, 1.82) is 0 Å². The number of piperidine rings is 1. The van der Waals surface area contributed by atoms with Crippen molar-refractivity contribution in [2.75, 3.05) is 32.8 Å². The highest BCUT2D eigenvalue weighted by Gasteiger charge is 2.35. The maximum absolute atomic E-state index is 12.6. The van der Waals surface area contributed by atoms with Gasteiger partial charge in [0.2, 0.25) is 5.91 Å². The number of rotatable bonds is 6.